The summed E-state index contributed by atoms with van der Waals surface area (Å²) in [4.78, 5) is 39.4. The van der Waals surface area contributed by atoms with Crippen molar-refractivity contribution in [1.29, 1.82) is 0 Å². The molecular weight excluding hydrogens is 373 g/mol. The van der Waals surface area contributed by atoms with Crippen molar-refractivity contribution in [3.05, 3.63) is 30.1 Å². The monoisotopic (exact) mass is 391 g/mol. The van der Waals surface area contributed by atoms with Crippen LogP contribution in [0.15, 0.2) is 29.4 Å². The van der Waals surface area contributed by atoms with E-state index in [1.807, 2.05) is 0 Å². The zero-order chi connectivity index (χ0) is 19.0. The maximum Gasteiger partial charge on any atom is 0.278 e. The predicted octanol–water partition coefficient (Wildman–Crippen LogP) is 1.22. The van der Waals surface area contributed by atoms with E-state index in [1.54, 1.807) is 16.7 Å². The van der Waals surface area contributed by atoms with Crippen molar-refractivity contribution in [3.8, 4) is 0 Å². The second-order valence-electron chi connectivity index (χ2n) is 6.57. The summed E-state index contributed by atoms with van der Waals surface area (Å²) in [6, 6.07) is 5.17. The summed E-state index contributed by atoms with van der Waals surface area (Å²) >= 11 is 1.77. The second kappa shape index (κ2) is 7.40. The molecule has 0 aliphatic carbocycles. The van der Waals surface area contributed by atoms with Gasteiger partial charge in [0.25, 0.3) is 11.8 Å². The number of ether oxygens (including phenoxy) is 1. The molecule has 0 radical (unpaired) electrons. The lowest BCUT2D eigenvalue weighted by Gasteiger charge is -2.43. The van der Waals surface area contributed by atoms with E-state index in [0.29, 0.717) is 31.9 Å². The summed E-state index contributed by atoms with van der Waals surface area (Å²) in [6.07, 6.45) is 0.285. The van der Waals surface area contributed by atoms with E-state index in [4.69, 9.17) is 4.74 Å². The van der Waals surface area contributed by atoms with Crippen LogP contribution in [0.2, 0.25) is 0 Å². The molecule has 0 saturated carbocycles. The van der Waals surface area contributed by atoms with Crippen LogP contribution >= 0.6 is 11.8 Å². The molecule has 3 aliphatic rings. The summed E-state index contributed by atoms with van der Waals surface area (Å²) in [5, 5.41) is 5.25. The van der Waals surface area contributed by atoms with Gasteiger partial charge in [-0.2, -0.15) is 21.9 Å². The lowest BCUT2D eigenvalue weighted by molar-refractivity contribution is -0.129. The number of hydrogen-bond donors (Lipinski definition) is 0. The number of amides is 2. The van der Waals surface area contributed by atoms with E-state index in [9.17, 15) is 18.8 Å². The Morgan fingerprint density at radius 2 is 2.04 bits per heavy atom. The maximum absolute atomic E-state index is 13.2. The zero-order valence-corrected chi connectivity index (χ0v) is 15.3. The van der Waals surface area contributed by atoms with Crippen LogP contribution in [0, 0.1) is 5.82 Å². The van der Waals surface area contributed by atoms with Crippen LogP contribution in [-0.2, 0) is 19.1 Å². The van der Waals surface area contributed by atoms with Crippen LogP contribution in [0.5, 0.6) is 0 Å². The summed E-state index contributed by atoms with van der Waals surface area (Å²) in [5.74, 6) is -1.25. The molecule has 1 aromatic rings. The van der Waals surface area contributed by atoms with Gasteiger partial charge in [0.2, 0.25) is 0 Å². The highest BCUT2D eigenvalue weighted by molar-refractivity contribution is 8.00. The Hall–Kier alpha value is -2.26. The first-order valence-electron chi connectivity index (χ1n) is 8.75. The lowest BCUT2D eigenvalue weighted by atomic mass is 10.0. The molecule has 4 rings (SSSR count). The van der Waals surface area contributed by atoms with Gasteiger partial charge in [-0.3, -0.25) is 14.4 Å². The van der Waals surface area contributed by atoms with Crippen LogP contribution < -0.4 is 5.01 Å². The molecule has 7 nitrogen and oxygen atoms in total. The number of halogens is 1. The van der Waals surface area contributed by atoms with Gasteiger partial charge >= 0.3 is 0 Å². The maximum atomic E-state index is 13.2. The topological polar surface area (TPSA) is 79.3 Å². The summed E-state index contributed by atoms with van der Waals surface area (Å²) in [5.41, 5.74) is 0.0772. The van der Waals surface area contributed by atoms with Gasteiger partial charge in [-0.1, -0.05) is 0 Å². The number of thioether (sulfide) groups is 1. The molecule has 0 bridgehead atoms. The summed E-state index contributed by atoms with van der Waals surface area (Å²) < 4.78 is 18.6. The molecule has 2 atom stereocenters. The van der Waals surface area contributed by atoms with Crippen molar-refractivity contribution in [2.24, 2.45) is 5.10 Å². The molecule has 3 heterocycles. The van der Waals surface area contributed by atoms with Crippen molar-refractivity contribution < 1.29 is 23.5 Å². The Morgan fingerprint density at radius 1 is 1.26 bits per heavy atom. The van der Waals surface area contributed by atoms with Gasteiger partial charge < -0.3 is 9.64 Å². The average Bonchev–Trinajstić information content (AvgIpc) is 2.68. The van der Waals surface area contributed by atoms with Gasteiger partial charge in [0.05, 0.1) is 18.7 Å². The molecular formula is C18H18FN3O4S. The van der Waals surface area contributed by atoms with E-state index >= 15 is 0 Å². The standard InChI is InChI=1S/C18H18FN3O4S/c19-11-1-3-12(4-2-11)22-16(24)9-14(23)17(20-22)18(25)21-6-8-27-15-10-26-7-5-13(15)21/h1-4,13,15H,5-10H2. The number of carbonyl (C=O) groups excluding carboxylic acids is 3. The Balaban J connectivity index is 1.63. The number of anilines is 1. The molecule has 0 spiro atoms. The van der Waals surface area contributed by atoms with Crippen LogP contribution in [0.25, 0.3) is 0 Å². The quantitative estimate of drug-likeness (QED) is 0.709. The van der Waals surface area contributed by atoms with Crippen LogP contribution in [0.3, 0.4) is 0 Å². The molecule has 2 unspecified atom stereocenters. The fraction of sp³-hybridized carbons (Fsp3) is 0.444. The van der Waals surface area contributed by atoms with Crippen molar-refractivity contribution in [3.63, 3.8) is 0 Å². The van der Waals surface area contributed by atoms with Crippen LogP contribution in [0.1, 0.15) is 12.8 Å². The van der Waals surface area contributed by atoms with E-state index in [2.05, 4.69) is 5.10 Å². The fourth-order valence-electron chi connectivity index (χ4n) is 3.53. The normalized spacial score (nSPS) is 25.9. The highest BCUT2D eigenvalue weighted by atomic mass is 32.2. The minimum Gasteiger partial charge on any atom is -0.380 e. The number of carbonyl (C=O) groups is 3. The summed E-state index contributed by atoms with van der Waals surface area (Å²) in [7, 11) is 0. The first-order valence-corrected chi connectivity index (χ1v) is 9.80. The largest absolute Gasteiger partial charge is 0.380 e. The number of hydrogen-bond acceptors (Lipinski definition) is 6. The highest BCUT2D eigenvalue weighted by Gasteiger charge is 2.41. The van der Waals surface area contributed by atoms with Crippen LogP contribution in [0.4, 0.5) is 10.1 Å². The minimum absolute atomic E-state index is 0.00241. The van der Waals surface area contributed by atoms with Crippen LogP contribution in [-0.4, -0.2) is 65.0 Å². The van der Waals surface area contributed by atoms with Gasteiger partial charge in [-0.25, -0.2) is 4.39 Å². The van der Waals surface area contributed by atoms with Gasteiger partial charge in [-0.15, -0.1) is 0 Å². The smallest absolute Gasteiger partial charge is 0.278 e. The lowest BCUT2D eigenvalue weighted by Crippen LogP contribution is -2.57. The van der Waals surface area contributed by atoms with E-state index < -0.39 is 29.8 Å². The van der Waals surface area contributed by atoms with Crippen molar-refractivity contribution in [2.75, 3.05) is 30.5 Å². The summed E-state index contributed by atoms with van der Waals surface area (Å²) in [6.45, 7) is 1.69. The molecule has 9 heteroatoms. The molecule has 2 amide bonds. The highest BCUT2D eigenvalue weighted by Crippen LogP contribution is 2.31. The first-order chi connectivity index (χ1) is 13.0. The predicted molar refractivity (Wildman–Crippen MR) is 98.1 cm³/mol. The van der Waals surface area contributed by atoms with E-state index in [0.717, 1.165) is 10.8 Å². The second-order valence-corrected chi connectivity index (χ2v) is 7.92. The number of hydrazone groups is 1. The van der Waals surface area contributed by atoms with E-state index in [1.165, 1.54) is 24.3 Å². The third-order valence-electron chi connectivity index (χ3n) is 4.88. The average molecular weight is 391 g/mol. The molecule has 2 fully saturated rings. The Morgan fingerprint density at radius 3 is 2.81 bits per heavy atom. The number of fused-ring (bicyclic) bond motifs is 1. The molecule has 3 aliphatic heterocycles. The third kappa shape index (κ3) is 3.49. The van der Waals surface area contributed by atoms with Crippen molar-refractivity contribution in [1.82, 2.24) is 4.90 Å². The molecule has 1 aromatic carbocycles. The Labute approximate surface area is 159 Å². The molecule has 2 saturated heterocycles. The fourth-order valence-corrected chi connectivity index (χ4v) is 4.83. The Kier molecular flexibility index (Phi) is 4.96. The van der Waals surface area contributed by atoms with Gasteiger partial charge in [-0.05, 0) is 30.7 Å². The van der Waals surface area contributed by atoms with E-state index in [-0.39, 0.29) is 17.0 Å². The number of nitrogens with zero attached hydrogens (tertiary/aromatic N) is 3. The van der Waals surface area contributed by atoms with Gasteiger partial charge in [0.15, 0.2) is 11.5 Å². The third-order valence-corrected chi connectivity index (χ3v) is 6.18. The minimum atomic E-state index is -0.579. The van der Waals surface area contributed by atoms with Gasteiger partial charge in [0, 0.05) is 30.2 Å². The Bertz CT molecular complexity index is 811. The molecule has 27 heavy (non-hydrogen) atoms. The number of benzene rings is 1. The number of rotatable bonds is 2. The molecule has 0 aromatic heterocycles. The number of Topliss-reactive ketones (excluding diaryl/α,β-unsaturated/α-hetero) is 1. The van der Waals surface area contributed by atoms with Gasteiger partial charge in [0.1, 0.15) is 5.82 Å². The molecule has 0 N–H and O–H groups in total. The van der Waals surface area contributed by atoms with Crippen molar-refractivity contribution in [2.45, 2.75) is 24.1 Å². The zero-order valence-electron chi connectivity index (χ0n) is 14.5. The first kappa shape index (κ1) is 18.1. The SMILES string of the molecule is O=C1CC(=O)N(c2ccc(F)cc2)N=C1C(=O)N1CCSC2COCCC21. The number of ketones is 1. The van der Waals surface area contributed by atoms with Crippen molar-refractivity contribution >= 4 is 40.8 Å². The molecule has 142 valence electrons.